The number of nitrogens with two attached hydrogens (primary N) is 1. The van der Waals surface area contributed by atoms with Crippen molar-refractivity contribution in [2.75, 3.05) is 32.9 Å². The van der Waals surface area contributed by atoms with Crippen molar-refractivity contribution in [3.63, 3.8) is 0 Å². The molecule has 12 atom stereocenters. The van der Waals surface area contributed by atoms with E-state index in [9.17, 15) is 28.5 Å². The minimum atomic E-state index is -4.21. The fourth-order valence-corrected chi connectivity index (χ4v) is 11.2. The van der Waals surface area contributed by atoms with Crippen molar-refractivity contribution >= 4 is 16.0 Å². The van der Waals surface area contributed by atoms with Crippen LogP contribution in [0.5, 0.6) is 0 Å². The monoisotopic (exact) mass is 601 g/mol. The van der Waals surface area contributed by atoms with E-state index in [1.165, 1.54) is 0 Å². The molecule has 238 valence electrons. The number of aliphatic hydroxyl groups is 3. The van der Waals surface area contributed by atoms with Gasteiger partial charge in [-0.25, -0.2) is 0 Å². The zero-order chi connectivity index (χ0) is 30.5. The van der Waals surface area contributed by atoms with Crippen LogP contribution >= 0.6 is 0 Å². The van der Waals surface area contributed by atoms with E-state index in [1.807, 2.05) is 14.1 Å². The molecule has 0 radical (unpaired) electrons. The third kappa shape index (κ3) is 6.83. The van der Waals surface area contributed by atoms with Crippen LogP contribution in [0.2, 0.25) is 0 Å². The van der Waals surface area contributed by atoms with Gasteiger partial charge in [0.1, 0.15) is 18.4 Å². The van der Waals surface area contributed by atoms with Crippen LogP contribution < -0.4 is 5.73 Å². The SMILES string of the molecule is CC(CCC(N)=O)C1CCC2C3C(O)CC4CC(CC[N+](C)(C)CC(O)CS(=O)(=O)O)CCC4(C)C3CC(O)C12C. The maximum absolute atomic E-state index is 11.8. The molecular weight excluding hydrogens is 544 g/mol. The Labute approximate surface area is 247 Å². The summed E-state index contributed by atoms with van der Waals surface area (Å²) in [4.78, 5) is 11.4. The number of aliphatic hydroxyl groups excluding tert-OH is 3. The lowest BCUT2D eigenvalue weighted by Crippen LogP contribution is -2.62. The van der Waals surface area contributed by atoms with Gasteiger partial charge in [-0.3, -0.25) is 9.35 Å². The van der Waals surface area contributed by atoms with Crippen LogP contribution in [0, 0.1) is 52.3 Å². The summed E-state index contributed by atoms with van der Waals surface area (Å²) in [5.41, 5.74) is 5.29. The number of amides is 1. The molecule has 4 saturated carbocycles. The molecule has 6 N–H and O–H groups in total. The first-order chi connectivity index (χ1) is 18.9. The van der Waals surface area contributed by atoms with Gasteiger partial charge >= 0.3 is 0 Å². The molecule has 0 saturated heterocycles. The summed E-state index contributed by atoms with van der Waals surface area (Å²) < 4.78 is 31.9. The highest BCUT2D eigenvalue weighted by Gasteiger charge is 2.65. The second-order valence-electron chi connectivity index (χ2n) is 15.8. The third-order valence-electron chi connectivity index (χ3n) is 12.8. The summed E-state index contributed by atoms with van der Waals surface area (Å²) in [5, 5.41) is 33.6. The molecule has 4 fully saturated rings. The summed E-state index contributed by atoms with van der Waals surface area (Å²) >= 11 is 0. The molecule has 0 bridgehead atoms. The van der Waals surface area contributed by atoms with Crippen LogP contribution in [-0.4, -0.2) is 89.9 Å². The molecule has 9 nitrogen and oxygen atoms in total. The van der Waals surface area contributed by atoms with Crippen LogP contribution in [0.1, 0.15) is 85.0 Å². The van der Waals surface area contributed by atoms with Crippen molar-refractivity contribution in [3.8, 4) is 0 Å². The normalized spacial score (nSPS) is 42.6. The summed E-state index contributed by atoms with van der Waals surface area (Å²) in [6.07, 6.45) is 7.06. The van der Waals surface area contributed by atoms with E-state index in [0.29, 0.717) is 40.5 Å². The molecule has 0 heterocycles. The minimum absolute atomic E-state index is 0.0917. The highest BCUT2D eigenvalue weighted by atomic mass is 32.2. The van der Waals surface area contributed by atoms with Crippen molar-refractivity contribution < 1.29 is 37.6 Å². The first-order valence-corrected chi connectivity index (χ1v) is 17.6. The van der Waals surface area contributed by atoms with Crippen molar-refractivity contribution in [2.45, 2.75) is 103 Å². The molecule has 4 aliphatic carbocycles. The van der Waals surface area contributed by atoms with E-state index >= 15 is 0 Å². The van der Waals surface area contributed by atoms with Gasteiger partial charge in [0, 0.05) is 6.42 Å². The Kier molecular flexibility index (Phi) is 9.66. The van der Waals surface area contributed by atoms with E-state index in [2.05, 4.69) is 20.8 Å². The molecular formula is C31H57N2O7S+. The number of primary amides is 1. The number of rotatable bonds is 11. The van der Waals surface area contributed by atoms with Gasteiger partial charge in [0.25, 0.3) is 10.1 Å². The van der Waals surface area contributed by atoms with E-state index in [4.69, 9.17) is 10.3 Å². The first kappa shape index (κ1) is 33.1. The number of quaternary nitrogens is 1. The second-order valence-corrected chi connectivity index (χ2v) is 17.3. The largest absolute Gasteiger partial charge is 0.393 e. The molecule has 0 aromatic heterocycles. The topological polar surface area (TPSA) is 158 Å². The quantitative estimate of drug-likeness (QED) is 0.180. The molecule has 0 spiro atoms. The van der Waals surface area contributed by atoms with Crippen LogP contribution in [0.3, 0.4) is 0 Å². The Bertz CT molecular complexity index is 1050. The predicted octanol–water partition coefficient (Wildman–Crippen LogP) is 2.82. The average molecular weight is 602 g/mol. The lowest BCUT2D eigenvalue weighted by molar-refractivity contribution is -0.893. The summed E-state index contributed by atoms with van der Waals surface area (Å²) in [5.74, 6) is 1.43. The highest BCUT2D eigenvalue weighted by molar-refractivity contribution is 7.85. The lowest BCUT2D eigenvalue weighted by atomic mass is 9.42. The summed E-state index contributed by atoms with van der Waals surface area (Å²) in [6.45, 7) is 7.93. The number of hydrogen-bond acceptors (Lipinski definition) is 6. The Balaban J connectivity index is 1.41. The molecule has 0 aromatic carbocycles. The maximum atomic E-state index is 11.8. The summed E-state index contributed by atoms with van der Waals surface area (Å²) in [6, 6.07) is 0. The Hall–Kier alpha value is -0.780. The lowest BCUT2D eigenvalue weighted by Gasteiger charge is -2.64. The zero-order valence-electron chi connectivity index (χ0n) is 25.9. The second kappa shape index (κ2) is 12.0. The minimum Gasteiger partial charge on any atom is -0.393 e. The van der Waals surface area contributed by atoms with Crippen LogP contribution in [0.4, 0.5) is 0 Å². The first-order valence-electron chi connectivity index (χ1n) is 16.0. The number of likely N-dealkylation sites (N-methyl/N-ethyl adjacent to an activating group) is 1. The van der Waals surface area contributed by atoms with Gasteiger partial charge in [-0.05, 0) is 110 Å². The molecule has 4 aliphatic rings. The van der Waals surface area contributed by atoms with Gasteiger partial charge in [-0.15, -0.1) is 0 Å². The van der Waals surface area contributed by atoms with E-state index in [0.717, 1.165) is 64.3 Å². The molecule has 12 unspecified atom stereocenters. The Morgan fingerprint density at radius 3 is 2.39 bits per heavy atom. The molecule has 41 heavy (non-hydrogen) atoms. The average Bonchev–Trinajstić information content (AvgIpc) is 3.19. The van der Waals surface area contributed by atoms with Gasteiger partial charge in [0.2, 0.25) is 5.91 Å². The van der Waals surface area contributed by atoms with E-state index < -0.39 is 28.1 Å². The Morgan fingerprint density at radius 1 is 1.07 bits per heavy atom. The van der Waals surface area contributed by atoms with Crippen LogP contribution in [0.15, 0.2) is 0 Å². The predicted molar refractivity (Wildman–Crippen MR) is 158 cm³/mol. The van der Waals surface area contributed by atoms with Crippen LogP contribution in [-0.2, 0) is 14.9 Å². The maximum Gasteiger partial charge on any atom is 0.267 e. The fraction of sp³-hybridized carbons (Fsp3) is 0.968. The van der Waals surface area contributed by atoms with Crippen molar-refractivity contribution in [1.29, 1.82) is 0 Å². The highest BCUT2D eigenvalue weighted by Crippen LogP contribution is 2.68. The van der Waals surface area contributed by atoms with Gasteiger partial charge in [-0.1, -0.05) is 20.8 Å². The van der Waals surface area contributed by atoms with Gasteiger partial charge in [0.05, 0.1) is 32.8 Å². The number of nitrogens with zero attached hydrogens (tertiary/aromatic N) is 1. The molecule has 1 amide bonds. The van der Waals surface area contributed by atoms with Gasteiger partial charge < -0.3 is 25.5 Å². The number of fused-ring (bicyclic) bond motifs is 5. The van der Waals surface area contributed by atoms with Crippen molar-refractivity contribution in [2.24, 2.45) is 58.0 Å². The van der Waals surface area contributed by atoms with Crippen molar-refractivity contribution in [1.82, 2.24) is 0 Å². The van der Waals surface area contributed by atoms with Crippen molar-refractivity contribution in [3.05, 3.63) is 0 Å². The van der Waals surface area contributed by atoms with Gasteiger partial charge in [-0.2, -0.15) is 8.42 Å². The van der Waals surface area contributed by atoms with Gasteiger partial charge in [0.15, 0.2) is 0 Å². The standard InChI is InChI=1S/C31H56N2O7S/c1-19(6-9-28(32)37)23-7-8-24-29-25(16-27(36)31(23,24)3)30(2)12-10-20(14-21(30)15-26(29)35)11-13-33(4,5)17-22(34)18-41(38,39)40/h19-27,29,34-36H,6-18H2,1-5H3,(H2-,32,37,38,39,40)/p+1. The zero-order valence-corrected chi connectivity index (χ0v) is 26.7. The molecule has 0 aromatic rings. The fourth-order valence-electron chi connectivity index (χ4n) is 10.6. The number of carbonyl (C=O) groups excluding carboxylic acids is 1. The molecule has 10 heteroatoms. The van der Waals surface area contributed by atoms with E-state index in [-0.39, 0.29) is 41.2 Å². The Morgan fingerprint density at radius 2 is 1.76 bits per heavy atom. The number of carbonyl (C=O) groups is 1. The molecule has 0 aliphatic heterocycles. The van der Waals surface area contributed by atoms with Crippen LogP contribution in [0.25, 0.3) is 0 Å². The molecule has 4 rings (SSSR count). The van der Waals surface area contributed by atoms with E-state index in [1.54, 1.807) is 0 Å². The summed E-state index contributed by atoms with van der Waals surface area (Å²) in [7, 11) is -0.241. The number of hydrogen-bond donors (Lipinski definition) is 5. The smallest absolute Gasteiger partial charge is 0.267 e. The third-order valence-corrected chi connectivity index (χ3v) is 13.6.